The minimum atomic E-state index is -0.421. The average Bonchev–Trinajstić information content (AvgIpc) is 3.12. The van der Waals surface area contributed by atoms with Crippen molar-refractivity contribution >= 4 is 5.91 Å². The lowest BCUT2D eigenvalue weighted by Crippen LogP contribution is -2.68. The Morgan fingerprint density at radius 3 is 2.68 bits per heavy atom. The van der Waals surface area contributed by atoms with Crippen LogP contribution in [0.15, 0.2) is 17.2 Å². The summed E-state index contributed by atoms with van der Waals surface area (Å²) in [6, 6.07) is 0.242. The summed E-state index contributed by atoms with van der Waals surface area (Å²) in [5.41, 5.74) is 1.67. The molecule has 2 aliphatic heterocycles. The minimum Gasteiger partial charge on any atom is -0.361 e. The smallest absolute Gasteiger partial charge is 0.244 e. The van der Waals surface area contributed by atoms with Crippen molar-refractivity contribution in [3.8, 4) is 0 Å². The molecule has 25 heavy (non-hydrogen) atoms. The van der Waals surface area contributed by atoms with Crippen molar-refractivity contribution in [2.75, 3.05) is 32.7 Å². The van der Waals surface area contributed by atoms with Crippen molar-refractivity contribution in [1.29, 1.82) is 0 Å². The van der Waals surface area contributed by atoms with Crippen LogP contribution in [-0.4, -0.2) is 70.1 Å². The molecule has 1 aromatic rings. The van der Waals surface area contributed by atoms with Gasteiger partial charge in [0.2, 0.25) is 5.91 Å². The summed E-state index contributed by atoms with van der Waals surface area (Å²) in [5.74, 6) is 1.15. The fourth-order valence-electron chi connectivity index (χ4n) is 4.25. The molecule has 0 bridgehead atoms. The van der Waals surface area contributed by atoms with Crippen molar-refractivity contribution in [1.82, 2.24) is 19.9 Å². The van der Waals surface area contributed by atoms with Gasteiger partial charge in [-0.3, -0.25) is 14.6 Å². The third-order valence-corrected chi connectivity index (χ3v) is 5.74. The monoisotopic (exact) mass is 346 g/mol. The second-order valence-electron chi connectivity index (χ2n) is 7.62. The van der Waals surface area contributed by atoms with Crippen LogP contribution < -0.4 is 0 Å². The molecule has 2 aliphatic rings. The second kappa shape index (κ2) is 6.92. The molecule has 0 radical (unpaired) electrons. The molecule has 2 fully saturated rings. The maximum absolute atomic E-state index is 13.4. The molecule has 1 atom stereocenters. The molecule has 6 nitrogen and oxygen atoms in total. The number of carbonyl (C=O) groups is 1. The van der Waals surface area contributed by atoms with Gasteiger partial charge in [-0.05, 0) is 34.1 Å². The highest BCUT2D eigenvalue weighted by Gasteiger charge is 2.53. The zero-order valence-corrected chi connectivity index (χ0v) is 15.9. The molecular formula is C19H30N4O2. The molecule has 0 N–H and O–H groups in total. The molecule has 0 aliphatic carbocycles. The summed E-state index contributed by atoms with van der Waals surface area (Å²) in [7, 11) is 0. The second-order valence-corrected chi connectivity index (χ2v) is 7.62. The van der Waals surface area contributed by atoms with Gasteiger partial charge in [-0.15, -0.1) is 6.58 Å². The van der Waals surface area contributed by atoms with Gasteiger partial charge < -0.3 is 9.42 Å². The van der Waals surface area contributed by atoms with E-state index in [0.29, 0.717) is 0 Å². The predicted octanol–water partition coefficient (Wildman–Crippen LogP) is 1.97. The zero-order chi connectivity index (χ0) is 18.2. The molecule has 1 amide bonds. The number of amides is 1. The van der Waals surface area contributed by atoms with Crippen molar-refractivity contribution in [2.45, 2.75) is 52.2 Å². The first-order chi connectivity index (χ1) is 11.9. The van der Waals surface area contributed by atoms with Gasteiger partial charge in [0.05, 0.1) is 5.69 Å². The minimum absolute atomic E-state index is 0.242. The number of rotatable bonds is 5. The fraction of sp³-hybridized carbons (Fsp3) is 0.684. The standard InChI is InChI=1S/C19H30N4O2/c1-6-8-22-10-11-23(14(2)3)18(24)19(22)7-9-21(13-19)12-17-15(4)20-25-16(17)5/h6,14H,1,7-13H2,2-5H3. The Hall–Kier alpha value is -1.66. The molecule has 138 valence electrons. The molecule has 3 heterocycles. The third kappa shape index (κ3) is 3.13. The normalized spacial score (nSPS) is 25.5. The van der Waals surface area contributed by atoms with E-state index in [4.69, 9.17) is 4.52 Å². The maximum atomic E-state index is 13.4. The summed E-state index contributed by atoms with van der Waals surface area (Å²) >= 11 is 0. The average molecular weight is 346 g/mol. The Morgan fingerprint density at radius 2 is 2.08 bits per heavy atom. The number of likely N-dealkylation sites (tertiary alicyclic amines) is 1. The van der Waals surface area contributed by atoms with E-state index in [0.717, 1.165) is 62.7 Å². The third-order valence-electron chi connectivity index (χ3n) is 5.74. The highest BCUT2D eigenvalue weighted by Crippen LogP contribution is 2.35. The largest absolute Gasteiger partial charge is 0.361 e. The van der Waals surface area contributed by atoms with E-state index >= 15 is 0 Å². The van der Waals surface area contributed by atoms with E-state index in [-0.39, 0.29) is 11.9 Å². The van der Waals surface area contributed by atoms with Crippen LogP contribution in [0.5, 0.6) is 0 Å². The molecule has 0 aromatic carbocycles. The van der Waals surface area contributed by atoms with Crippen LogP contribution >= 0.6 is 0 Å². The Labute approximate surface area is 150 Å². The van der Waals surface area contributed by atoms with Crippen LogP contribution in [-0.2, 0) is 11.3 Å². The van der Waals surface area contributed by atoms with Gasteiger partial charge in [0.15, 0.2) is 0 Å². The predicted molar refractivity (Wildman–Crippen MR) is 97.2 cm³/mol. The van der Waals surface area contributed by atoms with Gasteiger partial charge in [-0.1, -0.05) is 11.2 Å². The van der Waals surface area contributed by atoms with E-state index in [1.165, 1.54) is 0 Å². The first-order valence-corrected chi connectivity index (χ1v) is 9.20. The lowest BCUT2D eigenvalue weighted by atomic mass is 9.90. The van der Waals surface area contributed by atoms with E-state index in [1.807, 2.05) is 24.8 Å². The fourth-order valence-corrected chi connectivity index (χ4v) is 4.25. The van der Waals surface area contributed by atoms with Gasteiger partial charge in [0.1, 0.15) is 11.3 Å². The summed E-state index contributed by atoms with van der Waals surface area (Å²) in [6.45, 7) is 17.0. The molecule has 3 rings (SSSR count). The first-order valence-electron chi connectivity index (χ1n) is 9.20. The number of hydrogen-bond acceptors (Lipinski definition) is 5. The first kappa shape index (κ1) is 18.1. The number of carbonyl (C=O) groups excluding carboxylic acids is 1. The zero-order valence-electron chi connectivity index (χ0n) is 15.9. The van der Waals surface area contributed by atoms with Gasteiger partial charge in [-0.25, -0.2) is 0 Å². The van der Waals surface area contributed by atoms with Gasteiger partial charge in [-0.2, -0.15) is 0 Å². The van der Waals surface area contributed by atoms with Crippen LogP contribution in [0.4, 0.5) is 0 Å². The van der Waals surface area contributed by atoms with Crippen LogP contribution in [0, 0.1) is 13.8 Å². The number of aryl methyl sites for hydroxylation is 2. The van der Waals surface area contributed by atoms with Crippen molar-refractivity contribution in [3.63, 3.8) is 0 Å². The number of hydrogen-bond donors (Lipinski definition) is 0. The SMILES string of the molecule is C=CCN1CCN(C(C)C)C(=O)C12CCN(Cc1c(C)noc1C)C2. The maximum Gasteiger partial charge on any atom is 0.244 e. The van der Waals surface area contributed by atoms with Crippen LogP contribution in [0.3, 0.4) is 0 Å². The molecule has 2 saturated heterocycles. The number of piperazine rings is 1. The molecule has 0 saturated carbocycles. The van der Waals surface area contributed by atoms with E-state index < -0.39 is 5.54 Å². The topological polar surface area (TPSA) is 52.8 Å². The summed E-state index contributed by atoms with van der Waals surface area (Å²) in [5, 5.41) is 4.06. The quantitative estimate of drug-likeness (QED) is 0.763. The Kier molecular flexibility index (Phi) is 5.02. The molecular weight excluding hydrogens is 316 g/mol. The molecule has 1 spiro atoms. The summed E-state index contributed by atoms with van der Waals surface area (Å²) < 4.78 is 5.30. The molecule has 6 heteroatoms. The molecule has 1 aromatic heterocycles. The number of aromatic nitrogens is 1. The lowest BCUT2D eigenvalue weighted by molar-refractivity contribution is -0.152. The van der Waals surface area contributed by atoms with Gasteiger partial charge >= 0.3 is 0 Å². The summed E-state index contributed by atoms with van der Waals surface area (Å²) in [6.07, 6.45) is 2.78. The van der Waals surface area contributed by atoms with Crippen LogP contribution in [0.2, 0.25) is 0 Å². The van der Waals surface area contributed by atoms with Crippen molar-refractivity contribution in [2.24, 2.45) is 0 Å². The van der Waals surface area contributed by atoms with E-state index in [9.17, 15) is 4.79 Å². The molecule has 1 unspecified atom stereocenters. The highest BCUT2D eigenvalue weighted by atomic mass is 16.5. The van der Waals surface area contributed by atoms with Crippen molar-refractivity contribution < 1.29 is 9.32 Å². The van der Waals surface area contributed by atoms with Gasteiger partial charge in [0.25, 0.3) is 0 Å². The number of nitrogens with zero attached hydrogens (tertiary/aromatic N) is 4. The summed E-state index contributed by atoms with van der Waals surface area (Å²) in [4.78, 5) is 20.1. The van der Waals surface area contributed by atoms with E-state index in [1.54, 1.807) is 0 Å². The van der Waals surface area contributed by atoms with Crippen LogP contribution in [0.1, 0.15) is 37.3 Å². The van der Waals surface area contributed by atoms with Crippen LogP contribution in [0.25, 0.3) is 0 Å². The van der Waals surface area contributed by atoms with Gasteiger partial charge in [0, 0.05) is 50.9 Å². The Bertz CT molecular complexity index is 634. The Balaban J connectivity index is 1.82. The highest BCUT2D eigenvalue weighted by molar-refractivity contribution is 5.88. The van der Waals surface area contributed by atoms with E-state index in [2.05, 4.69) is 35.4 Å². The van der Waals surface area contributed by atoms with Crippen molar-refractivity contribution in [3.05, 3.63) is 29.7 Å². The lowest BCUT2D eigenvalue weighted by Gasteiger charge is -2.48. The Morgan fingerprint density at radius 1 is 1.32 bits per heavy atom.